The Balaban J connectivity index is 1.86. The minimum atomic E-state index is -0.975. The minimum absolute atomic E-state index is 0.325. The summed E-state index contributed by atoms with van der Waals surface area (Å²) in [5, 5.41) is 3.54. The Kier molecular flexibility index (Phi) is 5.69. The summed E-state index contributed by atoms with van der Waals surface area (Å²) in [5.74, 6) is -0.325. The summed E-state index contributed by atoms with van der Waals surface area (Å²) >= 11 is 0. The second-order valence-electron chi connectivity index (χ2n) is 8.96. The van der Waals surface area contributed by atoms with Gasteiger partial charge in [0, 0.05) is 11.1 Å². The second kappa shape index (κ2) is 8.29. The molecule has 0 aliphatic carbocycles. The topological polar surface area (TPSA) is 47.6 Å². The van der Waals surface area contributed by atoms with Crippen molar-refractivity contribution in [1.82, 2.24) is 5.32 Å². The van der Waals surface area contributed by atoms with Crippen LogP contribution in [0.2, 0.25) is 0 Å². The molecule has 1 saturated heterocycles. The third kappa shape index (κ3) is 4.27. The average Bonchev–Trinajstić information content (AvgIpc) is 3.16. The molecule has 160 valence electrons. The van der Waals surface area contributed by atoms with E-state index in [9.17, 15) is 4.79 Å². The molecular weight excluding hydrogens is 386 g/mol. The van der Waals surface area contributed by atoms with Gasteiger partial charge in [0.15, 0.2) is 5.72 Å². The molecule has 0 saturated carbocycles. The van der Waals surface area contributed by atoms with Crippen LogP contribution in [-0.4, -0.2) is 17.6 Å². The number of carbonyl (C=O) groups excluding carboxylic acids is 1. The first-order chi connectivity index (χ1) is 14.8. The molecule has 1 aliphatic rings. The lowest BCUT2D eigenvalue weighted by molar-refractivity contribution is -0.158. The second-order valence-corrected chi connectivity index (χ2v) is 8.96. The fraction of sp³-hybridized carbons (Fsp3) is 0.296. The molecule has 31 heavy (non-hydrogen) atoms. The van der Waals surface area contributed by atoms with Gasteiger partial charge in [0.1, 0.15) is 17.7 Å². The molecule has 3 aromatic carbocycles. The summed E-state index contributed by atoms with van der Waals surface area (Å²) in [4.78, 5) is 13.3. The van der Waals surface area contributed by atoms with E-state index in [1.54, 1.807) is 0 Å². The molecule has 1 aliphatic heterocycles. The van der Waals surface area contributed by atoms with E-state index in [0.717, 1.165) is 22.3 Å². The van der Waals surface area contributed by atoms with Crippen molar-refractivity contribution in [2.75, 3.05) is 0 Å². The molecular formula is C27H29NO3. The van der Waals surface area contributed by atoms with E-state index in [1.807, 2.05) is 113 Å². The Bertz CT molecular complexity index is 1000. The summed E-state index contributed by atoms with van der Waals surface area (Å²) in [5.41, 5.74) is 2.34. The highest BCUT2D eigenvalue weighted by Crippen LogP contribution is 2.44. The Morgan fingerprint density at radius 1 is 0.871 bits per heavy atom. The van der Waals surface area contributed by atoms with Crippen LogP contribution in [0.1, 0.15) is 49.1 Å². The quantitative estimate of drug-likeness (QED) is 0.590. The van der Waals surface area contributed by atoms with E-state index in [0.29, 0.717) is 0 Å². The van der Waals surface area contributed by atoms with Gasteiger partial charge in [0.25, 0.3) is 0 Å². The van der Waals surface area contributed by atoms with E-state index in [2.05, 4.69) is 5.32 Å². The van der Waals surface area contributed by atoms with Gasteiger partial charge < -0.3 is 9.47 Å². The van der Waals surface area contributed by atoms with Crippen LogP contribution >= 0.6 is 0 Å². The predicted octanol–water partition coefficient (Wildman–Crippen LogP) is 5.27. The molecule has 0 amide bonds. The molecule has 0 radical (unpaired) electrons. The summed E-state index contributed by atoms with van der Waals surface area (Å²) in [6.07, 6.45) is -0.503. The van der Waals surface area contributed by atoms with Crippen molar-refractivity contribution in [3.8, 4) is 0 Å². The van der Waals surface area contributed by atoms with Gasteiger partial charge in [0.2, 0.25) is 0 Å². The van der Waals surface area contributed by atoms with Crippen LogP contribution in [0.25, 0.3) is 0 Å². The summed E-state index contributed by atoms with van der Waals surface area (Å²) in [6, 6.07) is 27.3. The van der Waals surface area contributed by atoms with Gasteiger partial charge in [-0.25, -0.2) is 0 Å². The predicted molar refractivity (Wildman–Crippen MR) is 121 cm³/mol. The van der Waals surface area contributed by atoms with Gasteiger partial charge in [-0.3, -0.25) is 10.1 Å². The number of hydrogen-bond donors (Lipinski definition) is 1. The first-order valence-corrected chi connectivity index (χ1v) is 10.7. The highest BCUT2D eigenvalue weighted by molar-refractivity contribution is 5.78. The van der Waals surface area contributed by atoms with E-state index in [4.69, 9.17) is 9.47 Å². The van der Waals surface area contributed by atoms with Gasteiger partial charge in [-0.05, 0) is 38.8 Å². The van der Waals surface area contributed by atoms with Crippen LogP contribution in [0.15, 0.2) is 84.9 Å². The van der Waals surface area contributed by atoms with Gasteiger partial charge in [-0.1, -0.05) is 84.9 Å². The Hall–Kier alpha value is -2.95. The number of benzene rings is 3. The van der Waals surface area contributed by atoms with E-state index in [-0.39, 0.29) is 5.97 Å². The Morgan fingerprint density at radius 2 is 1.39 bits per heavy atom. The Labute approximate surface area is 184 Å². The zero-order valence-electron chi connectivity index (χ0n) is 18.5. The largest absolute Gasteiger partial charge is 0.459 e. The first-order valence-electron chi connectivity index (χ1n) is 10.7. The van der Waals surface area contributed by atoms with Crippen molar-refractivity contribution in [3.05, 3.63) is 107 Å². The lowest BCUT2D eigenvalue weighted by atomic mass is 9.94. The third-order valence-corrected chi connectivity index (χ3v) is 5.48. The van der Waals surface area contributed by atoms with Gasteiger partial charge in [0.05, 0.1) is 0 Å². The average molecular weight is 416 g/mol. The fourth-order valence-electron chi connectivity index (χ4n) is 4.10. The first kappa shape index (κ1) is 21.3. The number of ether oxygens (including phenoxy) is 2. The number of carbonyl (C=O) groups is 1. The van der Waals surface area contributed by atoms with Crippen molar-refractivity contribution in [2.45, 2.75) is 51.2 Å². The number of nitrogens with one attached hydrogen (secondary N) is 1. The van der Waals surface area contributed by atoms with Gasteiger partial charge in [-0.15, -0.1) is 0 Å². The van der Waals surface area contributed by atoms with E-state index < -0.39 is 23.5 Å². The molecule has 1 fully saturated rings. The standard InChI is InChI=1S/C27H29NO3/c1-19-13-11-12-18-22(19)24-23(25(29)31-26(2,3)4)28-27(30-24,20-14-7-5-8-15-20)21-16-9-6-10-17-21/h5-18,23-24,28H,1-4H3/t23-,24+/m0/s1. The third-order valence-electron chi connectivity index (χ3n) is 5.48. The molecule has 0 aromatic heterocycles. The van der Waals surface area contributed by atoms with Crippen LogP contribution in [0.3, 0.4) is 0 Å². The molecule has 1 N–H and O–H groups in total. The molecule has 1 heterocycles. The highest BCUT2D eigenvalue weighted by atomic mass is 16.6. The Morgan fingerprint density at radius 3 is 1.90 bits per heavy atom. The van der Waals surface area contributed by atoms with E-state index >= 15 is 0 Å². The van der Waals surface area contributed by atoms with Gasteiger partial charge >= 0.3 is 5.97 Å². The lowest BCUT2D eigenvalue weighted by Crippen LogP contribution is -2.47. The number of esters is 1. The maximum absolute atomic E-state index is 13.3. The van der Waals surface area contributed by atoms with Crippen LogP contribution in [0.5, 0.6) is 0 Å². The smallest absolute Gasteiger partial charge is 0.326 e. The minimum Gasteiger partial charge on any atom is -0.459 e. The van der Waals surface area contributed by atoms with Crippen molar-refractivity contribution in [3.63, 3.8) is 0 Å². The number of aryl methyl sites for hydroxylation is 1. The molecule has 0 spiro atoms. The number of hydrogen-bond acceptors (Lipinski definition) is 4. The number of rotatable bonds is 4. The zero-order chi connectivity index (χ0) is 22.1. The molecule has 3 aromatic rings. The van der Waals surface area contributed by atoms with Crippen LogP contribution < -0.4 is 5.32 Å². The van der Waals surface area contributed by atoms with Crippen molar-refractivity contribution in [1.29, 1.82) is 0 Å². The van der Waals surface area contributed by atoms with Crippen LogP contribution in [-0.2, 0) is 20.0 Å². The normalized spacial score (nSPS) is 20.4. The van der Waals surface area contributed by atoms with Crippen LogP contribution in [0, 0.1) is 6.92 Å². The molecule has 2 atom stereocenters. The van der Waals surface area contributed by atoms with Crippen molar-refractivity contribution in [2.24, 2.45) is 0 Å². The molecule has 4 nitrogen and oxygen atoms in total. The summed E-state index contributed by atoms with van der Waals surface area (Å²) in [6.45, 7) is 7.68. The summed E-state index contributed by atoms with van der Waals surface area (Å²) < 4.78 is 12.6. The molecule has 0 bridgehead atoms. The van der Waals surface area contributed by atoms with Crippen LogP contribution in [0.4, 0.5) is 0 Å². The summed E-state index contributed by atoms with van der Waals surface area (Å²) in [7, 11) is 0. The fourth-order valence-corrected chi connectivity index (χ4v) is 4.10. The van der Waals surface area contributed by atoms with Gasteiger partial charge in [-0.2, -0.15) is 0 Å². The maximum atomic E-state index is 13.3. The monoisotopic (exact) mass is 415 g/mol. The van der Waals surface area contributed by atoms with Crippen molar-refractivity contribution >= 4 is 5.97 Å². The maximum Gasteiger partial charge on any atom is 0.326 e. The highest BCUT2D eigenvalue weighted by Gasteiger charge is 2.52. The molecule has 4 heteroatoms. The lowest BCUT2D eigenvalue weighted by Gasteiger charge is -2.31. The SMILES string of the molecule is Cc1ccccc1[C@H]1OC(c2ccccc2)(c2ccccc2)N[C@@H]1C(=O)OC(C)(C)C. The van der Waals surface area contributed by atoms with Crippen molar-refractivity contribution < 1.29 is 14.3 Å². The van der Waals surface area contributed by atoms with E-state index in [1.165, 1.54) is 0 Å². The molecule has 0 unspecified atom stereocenters. The zero-order valence-corrected chi connectivity index (χ0v) is 18.5. The molecule has 4 rings (SSSR count).